The summed E-state index contributed by atoms with van der Waals surface area (Å²) in [6.45, 7) is 7.23. The van der Waals surface area contributed by atoms with Gasteiger partial charge in [0.15, 0.2) is 0 Å². The van der Waals surface area contributed by atoms with Crippen LogP contribution in [0, 0.1) is 0 Å². The lowest BCUT2D eigenvalue weighted by Gasteiger charge is -2.28. The van der Waals surface area contributed by atoms with Crippen LogP contribution in [0.1, 0.15) is 66.3 Å². The minimum absolute atomic E-state index is 0.0158. The summed E-state index contributed by atoms with van der Waals surface area (Å²) in [5.74, 6) is -0.0158. The van der Waals surface area contributed by atoms with E-state index in [-0.39, 0.29) is 17.5 Å². The average molecular weight is 383 g/mol. The Morgan fingerprint density at radius 2 is 2.19 bits per heavy atom. The van der Waals surface area contributed by atoms with Gasteiger partial charge in [-0.25, -0.2) is 0 Å². The second-order valence-corrected chi connectivity index (χ2v) is 9.18. The summed E-state index contributed by atoms with van der Waals surface area (Å²) in [5, 5.41) is 9.94. The van der Waals surface area contributed by atoms with E-state index in [1.807, 2.05) is 35.2 Å². The first-order valence-electron chi connectivity index (χ1n) is 9.49. The molecule has 142 valence electrons. The summed E-state index contributed by atoms with van der Waals surface area (Å²) >= 11 is 1.71. The van der Waals surface area contributed by atoms with E-state index in [0.29, 0.717) is 5.69 Å². The van der Waals surface area contributed by atoms with Crippen molar-refractivity contribution in [3.8, 4) is 0 Å². The zero-order chi connectivity index (χ0) is 19.0. The van der Waals surface area contributed by atoms with E-state index in [9.17, 15) is 4.79 Å². The zero-order valence-electron chi connectivity index (χ0n) is 16.1. The standard InChI is InChI=1S/C21H26N4OS/c1-21(2,3)25-18-9-4-8-17(16(18)13-22-25)23-20(26)19-10-5-11-24(19)14-15-7-6-12-27-15/h5-7,10-13,17H,4,8-9,14H2,1-3H3,(H,23,26)/t17-/m1/s1. The molecule has 1 amide bonds. The SMILES string of the molecule is CC(C)(C)n1ncc2c1CCC[C@H]2NC(=O)c1cccn1Cc1cccs1. The van der Waals surface area contributed by atoms with E-state index in [4.69, 9.17) is 0 Å². The van der Waals surface area contributed by atoms with Gasteiger partial charge in [0.1, 0.15) is 5.69 Å². The van der Waals surface area contributed by atoms with Gasteiger partial charge >= 0.3 is 0 Å². The third kappa shape index (κ3) is 3.58. The molecule has 3 aromatic heterocycles. The van der Waals surface area contributed by atoms with Crippen LogP contribution in [0.5, 0.6) is 0 Å². The van der Waals surface area contributed by atoms with E-state index in [2.05, 4.69) is 47.3 Å². The smallest absolute Gasteiger partial charge is 0.268 e. The van der Waals surface area contributed by atoms with Crippen LogP contribution < -0.4 is 5.32 Å². The van der Waals surface area contributed by atoms with Gasteiger partial charge in [-0.3, -0.25) is 9.48 Å². The van der Waals surface area contributed by atoms with E-state index in [1.54, 1.807) is 11.3 Å². The van der Waals surface area contributed by atoms with Crippen LogP contribution in [-0.2, 0) is 18.5 Å². The summed E-state index contributed by atoms with van der Waals surface area (Å²) < 4.78 is 4.13. The Bertz CT molecular complexity index is 930. The van der Waals surface area contributed by atoms with Crippen molar-refractivity contribution < 1.29 is 4.79 Å². The van der Waals surface area contributed by atoms with Gasteiger partial charge in [0.05, 0.1) is 24.3 Å². The summed E-state index contributed by atoms with van der Waals surface area (Å²) in [6, 6.07) is 8.00. The molecule has 0 spiro atoms. The first kappa shape index (κ1) is 18.0. The molecule has 0 radical (unpaired) electrons. The van der Waals surface area contributed by atoms with Crippen LogP contribution in [-0.4, -0.2) is 20.3 Å². The van der Waals surface area contributed by atoms with Crippen LogP contribution in [0.25, 0.3) is 0 Å². The van der Waals surface area contributed by atoms with Gasteiger partial charge in [-0.1, -0.05) is 6.07 Å². The fourth-order valence-electron chi connectivity index (χ4n) is 3.85. The predicted molar refractivity (Wildman–Crippen MR) is 108 cm³/mol. The molecule has 3 heterocycles. The Morgan fingerprint density at radius 1 is 1.33 bits per heavy atom. The van der Waals surface area contributed by atoms with Crippen molar-refractivity contribution in [2.24, 2.45) is 0 Å². The number of carbonyl (C=O) groups is 1. The molecule has 0 saturated carbocycles. The molecule has 6 heteroatoms. The number of carbonyl (C=O) groups excluding carboxylic acids is 1. The Labute approximate surface area is 164 Å². The molecular formula is C21H26N4OS. The van der Waals surface area contributed by atoms with Crippen molar-refractivity contribution in [1.29, 1.82) is 0 Å². The van der Waals surface area contributed by atoms with E-state index in [1.165, 1.54) is 16.1 Å². The molecule has 0 unspecified atom stereocenters. The van der Waals surface area contributed by atoms with Crippen molar-refractivity contribution in [2.75, 3.05) is 0 Å². The second kappa shape index (κ2) is 7.00. The van der Waals surface area contributed by atoms with Crippen molar-refractivity contribution in [2.45, 2.75) is 58.2 Å². The van der Waals surface area contributed by atoms with Crippen LogP contribution in [0.3, 0.4) is 0 Å². The molecule has 27 heavy (non-hydrogen) atoms. The van der Waals surface area contributed by atoms with Crippen LogP contribution in [0.15, 0.2) is 42.0 Å². The summed E-state index contributed by atoms with van der Waals surface area (Å²) in [7, 11) is 0. The number of rotatable bonds is 4. The second-order valence-electron chi connectivity index (χ2n) is 8.15. The number of nitrogens with zero attached hydrogens (tertiary/aromatic N) is 3. The zero-order valence-corrected chi connectivity index (χ0v) is 16.9. The molecule has 1 aliphatic carbocycles. The number of hydrogen-bond acceptors (Lipinski definition) is 3. The normalized spacial score (nSPS) is 16.9. The quantitative estimate of drug-likeness (QED) is 0.729. The Morgan fingerprint density at radius 3 is 2.93 bits per heavy atom. The molecule has 3 aromatic rings. The van der Waals surface area contributed by atoms with Gasteiger partial charge in [0.25, 0.3) is 5.91 Å². The van der Waals surface area contributed by atoms with Crippen molar-refractivity contribution in [3.63, 3.8) is 0 Å². The highest BCUT2D eigenvalue weighted by molar-refractivity contribution is 7.09. The van der Waals surface area contributed by atoms with Crippen LogP contribution >= 0.6 is 11.3 Å². The largest absolute Gasteiger partial charge is 0.344 e. The summed E-state index contributed by atoms with van der Waals surface area (Å²) in [6.07, 6.45) is 6.96. The molecule has 4 rings (SSSR count). The first-order chi connectivity index (χ1) is 12.9. The van der Waals surface area contributed by atoms with Gasteiger partial charge in [-0.2, -0.15) is 5.10 Å². The Hall–Kier alpha value is -2.34. The van der Waals surface area contributed by atoms with Crippen LogP contribution in [0.4, 0.5) is 0 Å². The van der Waals surface area contributed by atoms with E-state index in [0.717, 1.165) is 25.8 Å². The lowest BCUT2D eigenvalue weighted by molar-refractivity contribution is 0.0923. The maximum Gasteiger partial charge on any atom is 0.268 e. The number of fused-ring (bicyclic) bond motifs is 1. The lowest BCUT2D eigenvalue weighted by Crippen LogP contribution is -2.33. The van der Waals surface area contributed by atoms with Gasteiger partial charge in [0.2, 0.25) is 0 Å². The summed E-state index contributed by atoms with van der Waals surface area (Å²) in [5.41, 5.74) is 3.09. The van der Waals surface area contributed by atoms with Gasteiger partial charge in [-0.05, 0) is 63.6 Å². The van der Waals surface area contributed by atoms with E-state index < -0.39 is 0 Å². The number of nitrogens with one attached hydrogen (secondary N) is 1. The maximum absolute atomic E-state index is 13.0. The van der Waals surface area contributed by atoms with Gasteiger partial charge in [-0.15, -0.1) is 11.3 Å². The minimum atomic E-state index is -0.0467. The Balaban J connectivity index is 1.54. The number of hydrogen-bond donors (Lipinski definition) is 1. The number of amides is 1. The highest BCUT2D eigenvalue weighted by Crippen LogP contribution is 2.32. The molecule has 1 aliphatic rings. The number of thiophene rings is 1. The first-order valence-corrected chi connectivity index (χ1v) is 10.4. The highest BCUT2D eigenvalue weighted by atomic mass is 32.1. The molecule has 0 fully saturated rings. The number of aromatic nitrogens is 3. The average Bonchev–Trinajstić information content (AvgIpc) is 3.35. The van der Waals surface area contributed by atoms with Crippen molar-refractivity contribution >= 4 is 17.2 Å². The van der Waals surface area contributed by atoms with Crippen LogP contribution in [0.2, 0.25) is 0 Å². The fourth-order valence-corrected chi connectivity index (χ4v) is 4.55. The predicted octanol–water partition coefficient (Wildman–Crippen LogP) is 4.36. The molecule has 1 atom stereocenters. The third-order valence-electron chi connectivity index (χ3n) is 5.09. The van der Waals surface area contributed by atoms with E-state index >= 15 is 0 Å². The van der Waals surface area contributed by atoms with Gasteiger partial charge in [0, 0.05) is 22.3 Å². The molecule has 0 aliphatic heterocycles. The monoisotopic (exact) mass is 382 g/mol. The molecule has 0 aromatic carbocycles. The summed E-state index contributed by atoms with van der Waals surface area (Å²) in [4.78, 5) is 14.2. The lowest BCUT2D eigenvalue weighted by atomic mass is 9.92. The fraction of sp³-hybridized carbons (Fsp3) is 0.429. The molecule has 0 saturated heterocycles. The molecular weight excluding hydrogens is 356 g/mol. The highest BCUT2D eigenvalue weighted by Gasteiger charge is 2.29. The topological polar surface area (TPSA) is 51.9 Å². The van der Waals surface area contributed by atoms with Crippen molar-refractivity contribution in [3.05, 3.63) is 63.9 Å². The molecule has 0 bridgehead atoms. The molecule has 5 nitrogen and oxygen atoms in total. The molecule has 1 N–H and O–H groups in total. The van der Waals surface area contributed by atoms with Gasteiger partial charge < -0.3 is 9.88 Å². The minimum Gasteiger partial charge on any atom is -0.344 e. The third-order valence-corrected chi connectivity index (χ3v) is 5.95. The Kier molecular flexibility index (Phi) is 4.68. The maximum atomic E-state index is 13.0. The van der Waals surface area contributed by atoms with Crippen molar-refractivity contribution in [1.82, 2.24) is 19.7 Å².